The summed E-state index contributed by atoms with van der Waals surface area (Å²) in [5.41, 5.74) is 0.206. The molecule has 0 aliphatic carbocycles. The molecule has 0 N–H and O–H groups in total. The molecule has 1 aliphatic heterocycles. The first-order valence-electron chi connectivity index (χ1n) is 8.22. The van der Waals surface area contributed by atoms with Crippen molar-refractivity contribution in [3.63, 3.8) is 0 Å². The van der Waals surface area contributed by atoms with Crippen molar-refractivity contribution >= 4 is 21.9 Å². The van der Waals surface area contributed by atoms with Crippen LogP contribution in [0.2, 0.25) is 0 Å². The van der Waals surface area contributed by atoms with E-state index in [-0.39, 0.29) is 29.0 Å². The molecule has 138 valence electrons. The number of piperidine rings is 1. The van der Waals surface area contributed by atoms with E-state index in [9.17, 15) is 18.0 Å². The quantitative estimate of drug-likeness (QED) is 0.736. The van der Waals surface area contributed by atoms with Crippen LogP contribution in [0, 0.1) is 0 Å². The fraction of sp³-hybridized carbons (Fsp3) is 0.529. The molecule has 7 nitrogen and oxygen atoms in total. The van der Waals surface area contributed by atoms with Gasteiger partial charge in [-0.25, -0.2) is 13.2 Å². The summed E-state index contributed by atoms with van der Waals surface area (Å²) in [6.07, 6.45) is 2.74. The van der Waals surface area contributed by atoms with Gasteiger partial charge in [0.25, 0.3) is 5.91 Å². The normalized spacial score (nSPS) is 18.6. The SMILES string of the molecule is CC1CCCCN1S(=O)(=O)c1ccc(C(=O)OCC(=O)N(C)C)cc1. The van der Waals surface area contributed by atoms with Crippen LogP contribution in [-0.4, -0.2) is 62.8 Å². The highest BCUT2D eigenvalue weighted by Gasteiger charge is 2.30. The van der Waals surface area contributed by atoms with E-state index in [1.807, 2.05) is 6.92 Å². The van der Waals surface area contributed by atoms with Gasteiger partial charge >= 0.3 is 5.97 Å². The molecule has 2 rings (SSSR count). The highest BCUT2D eigenvalue weighted by atomic mass is 32.2. The molecule has 0 saturated carbocycles. The summed E-state index contributed by atoms with van der Waals surface area (Å²) in [6.45, 7) is 2.07. The third kappa shape index (κ3) is 4.58. The molecule has 1 saturated heterocycles. The second kappa shape index (κ2) is 7.97. The van der Waals surface area contributed by atoms with Gasteiger partial charge in [0, 0.05) is 26.7 Å². The first-order valence-corrected chi connectivity index (χ1v) is 9.66. The molecule has 0 radical (unpaired) electrons. The Bertz CT molecular complexity index is 728. The van der Waals surface area contributed by atoms with Gasteiger partial charge in [-0.15, -0.1) is 0 Å². The summed E-state index contributed by atoms with van der Waals surface area (Å²) in [5, 5.41) is 0. The van der Waals surface area contributed by atoms with E-state index in [0.717, 1.165) is 19.3 Å². The molecule has 1 amide bonds. The highest BCUT2D eigenvalue weighted by Crippen LogP contribution is 2.25. The van der Waals surface area contributed by atoms with Crippen LogP contribution in [0.3, 0.4) is 0 Å². The Kier molecular flexibility index (Phi) is 6.18. The van der Waals surface area contributed by atoms with Gasteiger partial charge in [0.2, 0.25) is 10.0 Å². The average Bonchev–Trinajstić information content (AvgIpc) is 2.59. The van der Waals surface area contributed by atoms with E-state index in [2.05, 4.69) is 0 Å². The van der Waals surface area contributed by atoms with Crippen molar-refractivity contribution in [3.8, 4) is 0 Å². The molecule has 1 unspecified atom stereocenters. The van der Waals surface area contributed by atoms with Gasteiger partial charge < -0.3 is 9.64 Å². The Morgan fingerprint density at radius 1 is 1.20 bits per heavy atom. The minimum Gasteiger partial charge on any atom is -0.452 e. The molecule has 1 aliphatic rings. The zero-order valence-electron chi connectivity index (χ0n) is 14.8. The molecule has 1 aromatic carbocycles. The summed E-state index contributed by atoms with van der Waals surface area (Å²) in [5.74, 6) is -0.989. The van der Waals surface area contributed by atoms with Crippen LogP contribution in [-0.2, 0) is 19.6 Å². The largest absolute Gasteiger partial charge is 0.452 e. The maximum absolute atomic E-state index is 12.7. The van der Waals surface area contributed by atoms with Crippen molar-refractivity contribution in [1.82, 2.24) is 9.21 Å². The minimum atomic E-state index is -3.57. The van der Waals surface area contributed by atoms with E-state index >= 15 is 0 Å². The first kappa shape index (κ1) is 19.4. The van der Waals surface area contributed by atoms with Crippen LogP contribution in [0.25, 0.3) is 0 Å². The Morgan fingerprint density at radius 2 is 1.84 bits per heavy atom. The van der Waals surface area contributed by atoms with Gasteiger partial charge in [0.15, 0.2) is 6.61 Å². The van der Waals surface area contributed by atoms with E-state index < -0.39 is 16.0 Å². The van der Waals surface area contributed by atoms with Crippen LogP contribution < -0.4 is 0 Å². The maximum atomic E-state index is 12.7. The predicted octanol–water partition coefficient (Wildman–Crippen LogP) is 1.49. The second-order valence-electron chi connectivity index (χ2n) is 6.35. The summed E-state index contributed by atoms with van der Waals surface area (Å²) in [4.78, 5) is 24.8. The average molecular weight is 368 g/mol. The van der Waals surface area contributed by atoms with Crippen molar-refractivity contribution in [2.45, 2.75) is 37.1 Å². The molecule has 0 bridgehead atoms. The zero-order chi connectivity index (χ0) is 18.6. The molecule has 1 fully saturated rings. The van der Waals surface area contributed by atoms with Crippen molar-refractivity contribution in [1.29, 1.82) is 0 Å². The summed E-state index contributed by atoms with van der Waals surface area (Å²) >= 11 is 0. The van der Waals surface area contributed by atoms with Crippen LogP contribution >= 0.6 is 0 Å². The van der Waals surface area contributed by atoms with Crippen molar-refractivity contribution < 1.29 is 22.7 Å². The number of benzene rings is 1. The van der Waals surface area contributed by atoms with E-state index in [0.29, 0.717) is 6.54 Å². The fourth-order valence-electron chi connectivity index (χ4n) is 2.67. The molecule has 0 spiro atoms. The van der Waals surface area contributed by atoms with Gasteiger partial charge in [-0.05, 0) is 44.0 Å². The molecule has 25 heavy (non-hydrogen) atoms. The number of ether oxygens (including phenoxy) is 1. The Balaban J connectivity index is 2.08. The van der Waals surface area contributed by atoms with Crippen molar-refractivity contribution in [2.24, 2.45) is 0 Å². The Labute approximate surface area is 148 Å². The molecular formula is C17H24N2O5S. The highest BCUT2D eigenvalue weighted by molar-refractivity contribution is 7.89. The van der Waals surface area contributed by atoms with E-state index in [4.69, 9.17) is 4.74 Å². The number of nitrogens with zero attached hydrogens (tertiary/aromatic N) is 2. The van der Waals surface area contributed by atoms with E-state index in [1.54, 1.807) is 14.1 Å². The van der Waals surface area contributed by atoms with E-state index in [1.165, 1.54) is 33.5 Å². The number of hydrogen-bond acceptors (Lipinski definition) is 5. The number of carbonyl (C=O) groups is 2. The van der Waals surface area contributed by atoms with Gasteiger partial charge in [-0.3, -0.25) is 4.79 Å². The van der Waals surface area contributed by atoms with Crippen LogP contribution in [0.4, 0.5) is 0 Å². The number of carbonyl (C=O) groups excluding carboxylic acids is 2. The molecule has 0 aromatic heterocycles. The molecule has 1 heterocycles. The lowest BCUT2D eigenvalue weighted by molar-refractivity contribution is -0.131. The van der Waals surface area contributed by atoms with Crippen molar-refractivity contribution in [3.05, 3.63) is 29.8 Å². The number of esters is 1. The van der Waals surface area contributed by atoms with Crippen molar-refractivity contribution in [2.75, 3.05) is 27.2 Å². The smallest absolute Gasteiger partial charge is 0.338 e. The molecule has 1 aromatic rings. The van der Waals surface area contributed by atoms with Gasteiger partial charge in [-0.2, -0.15) is 4.31 Å². The van der Waals surface area contributed by atoms with Crippen LogP contribution in [0.5, 0.6) is 0 Å². The maximum Gasteiger partial charge on any atom is 0.338 e. The summed E-state index contributed by atoms with van der Waals surface area (Å²) in [6, 6.07) is 5.59. The topological polar surface area (TPSA) is 84.0 Å². The predicted molar refractivity (Wildman–Crippen MR) is 92.6 cm³/mol. The number of likely N-dealkylation sites (N-methyl/N-ethyl adjacent to an activating group) is 1. The second-order valence-corrected chi connectivity index (χ2v) is 8.24. The van der Waals surface area contributed by atoms with Crippen LogP contribution in [0.15, 0.2) is 29.2 Å². The van der Waals surface area contributed by atoms with Gasteiger partial charge in [-0.1, -0.05) is 6.42 Å². The lowest BCUT2D eigenvalue weighted by Gasteiger charge is -2.32. The molecule has 1 atom stereocenters. The summed E-state index contributed by atoms with van der Waals surface area (Å²) < 4.78 is 31.9. The number of hydrogen-bond donors (Lipinski definition) is 0. The number of rotatable bonds is 5. The standard InChI is InChI=1S/C17H24N2O5S/c1-13-6-4-5-11-19(13)25(22,23)15-9-7-14(8-10-15)17(21)24-12-16(20)18(2)3/h7-10,13H,4-6,11-12H2,1-3H3. The number of sulfonamides is 1. The lowest BCUT2D eigenvalue weighted by atomic mass is 10.1. The fourth-order valence-corrected chi connectivity index (χ4v) is 4.37. The van der Waals surface area contributed by atoms with Gasteiger partial charge in [0.1, 0.15) is 0 Å². The Morgan fingerprint density at radius 3 is 2.40 bits per heavy atom. The Hall–Kier alpha value is -1.93. The monoisotopic (exact) mass is 368 g/mol. The minimum absolute atomic E-state index is 0.0274. The van der Waals surface area contributed by atoms with Crippen LogP contribution in [0.1, 0.15) is 36.5 Å². The third-order valence-corrected chi connectivity index (χ3v) is 6.29. The summed E-state index contributed by atoms with van der Waals surface area (Å²) in [7, 11) is -0.436. The zero-order valence-corrected chi connectivity index (χ0v) is 15.6. The molecule has 8 heteroatoms. The third-order valence-electron chi connectivity index (χ3n) is 4.26. The lowest BCUT2D eigenvalue weighted by Crippen LogP contribution is -2.41. The number of amides is 1. The molecular weight excluding hydrogens is 344 g/mol. The van der Waals surface area contributed by atoms with Gasteiger partial charge in [0.05, 0.1) is 10.5 Å². The first-order chi connectivity index (χ1) is 11.7.